The SMILES string of the molecule is [C-]#[N+]c1c(C2CCCCC2)nc2c(-c3ccc(-c4ccccc4)nc3)cnn2c1N(COCC[Si](C)(C)C)COCC[Si](C)(C)C. The highest BCUT2D eigenvalue weighted by Gasteiger charge is 2.29. The van der Waals surface area contributed by atoms with Gasteiger partial charge in [0.2, 0.25) is 5.69 Å². The van der Waals surface area contributed by atoms with Crippen LogP contribution in [0.25, 0.3) is 32.9 Å². The molecule has 1 aliphatic rings. The van der Waals surface area contributed by atoms with Gasteiger partial charge in [0.15, 0.2) is 5.65 Å². The van der Waals surface area contributed by atoms with E-state index in [4.69, 9.17) is 31.1 Å². The van der Waals surface area contributed by atoms with Gasteiger partial charge >= 0.3 is 0 Å². The summed E-state index contributed by atoms with van der Waals surface area (Å²) in [6.07, 6.45) is 9.40. The molecule has 3 heterocycles. The molecule has 8 nitrogen and oxygen atoms in total. The van der Waals surface area contributed by atoms with Gasteiger partial charge < -0.3 is 14.4 Å². The number of fused-ring (bicyclic) bond motifs is 1. The number of pyridine rings is 1. The van der Waals surface area contributed by atoms with Crippen LogP contribution in [0.1, 0.15) is 43.7 Å². The first-order valence-electron chi connectivity index (χ1n) is 16.8. The lowest BCUT2D eigenvalue weighted by Gasteiger charge is -2.29. The molecule has 244 valence electrons. The largest absolute Gasteiger partial charge is 0.361 e. The van der Waals surface area contributed by atoms with E-state index in [2.05, 4.69) is 73.3 Å². The van der Waals surface area contributed by atoms with Crippen LogP contribution in [0.4, 0.5) is 11.5 Å². The second kappa shape index (κ2) is 15.0. The number of benzene rings is 1. The molecule has 0 atom stereocenters. The molecule has 1 aromatic carbocycles. The number of rotatable bonds is 14. The van der Waals surface area contributed by atoms with Gasteiger partial charge in [-0.2, -0.15) is 5.10 Å². The van der Waals surface area contributed by atoms with E-state index in [0.29, 0.717) is 38.2 Å². The third-order valence-electron chi connectivity index (χ3n) is 8.66. The van der Waals surface area contributed by atoms with E-state index >= 15 is 0 Å². The normalized spacial score (nSPS) is 14.5. The molecule has 1 fully saturated rings. The Kier molecular flexibility index (Phi) is 11.1. The Bertz CT molecular complexity index is 1590. The van der Waals surface area contributed by atoms with E-state index < -0.39 is 16.1 Å². The highest BCUT2D eigenvalue weighted by atomic mass is 28.3. The summed E-state index contributed by atoms with van der Waals surface area (Å²) in [5.41, 5.74) is 6.03. The van der Waals surface area contributed by atoms with Crippen LogP contribution in [0.3, 0.4) is 0 Å². The summed E-state index contributed by atoms with van der Waals surface area (Å²) >= 11 is 0. The van der Waals surface area contributed by atoms with Gasteiger partial charge in [0.25, 0.3) is 0 Å². The third kappa shape index (κ3) is 8.70. The number of ether oxygens (including phenoxy) is 2. The molecule has 0 unspecified atom stereocenters. The fourth-order valence-electron chi connectivity index (χ4n) is 5.84. The van der Waals surface area contributed by atoms with E-state index in [1.54, 1.807) is 0 Å². The molecule has 1 aliphatic carbocycles. The minimum atomic E-state index is -1.27. The standard InChI is InChI=1S/C36H50N6O2Si2/c1-37-34-33(29-16-12-9-13-17-29)40-35-31(30-18-19-32(38-24-30)28-14-10-8-11-15-28)25-39-42(35)36(34)41(26-43-20-22-45(2,3)4)27-44-21-23-46(5,6)7/h8,10-11,14-15,18-19,24-25,29H,9,12-13,16-17,20-23,26-27H2,2-7H3. The number of aromatic nitrogens is 4. The Labute approximate surface area is 277 Å². The lowest BCUT2D eigenvalue weighted by molar-refractivity contribution is 0.0944. The van der Waals surface area contributed by atoms with Crippen molar-refractivity contribution in [2.24, 2.45) is 0 Å². The Morgan fingerprint density at radius 3 is 2.07 bits per heavy atom. The molecular weight excluding hydrogens is 605 g/mol. The highest BCUT2D eigenvalue weighted by Crippen LogP contribution is 2.43. The lowest BCUT2D eigenvalue weighted by atomic mass is 9.86. The van der Waals surface area contributed by atoms with Crippen molar-refractivity contribution in [2.45, 2.75) is 89.4 Å². The summed E-state index contributed by atoms with van der Waals surface area (Å²) in [6, 6.07) is 16.5. The first-order valence-corrected chi connectivity index (χ1v) is 24.2. The Balaban J connectivity index is 1.57. The van der Waals surface area contributed by atoms with Crippen LogP contribution in [0, 0.1) is 6.57 Å². The van der Waals surface area contributed by atoms with Gasteiger partial charge in [-0.05, 0) is 36.9 Å². The molecule has 1 saturated carbocycles. The molecule has 5 rings (SSSR count). The third-order valence-corrected chi connectivity index (χ3v) is 12.1. The maximum absolute atomic E-state index is 8.42. The number of anilines is 1. The lowest BCUT2D eigenvalue weighted by Crippen LogP contribution is -2.33. The molecule has 0 bridgehead atoms. The van der Waals surface area contributed by atoms with Crippen molar-refractivity contribution in [3.8, 4) is 22.4 Å². The number of hydrogen-bond donors (Lipinski definition) is 0. The molecule has 0 radical (unpaired) electrons. The van der Waals surface area contributed by atoms with Crippen LogP contribution in [0.15, 0.2) is 54.9 Å². The van der Waals surface area contributed by atoms with Gasteiger partial charge in [-0.15, -0.1) is 0 Å². The molecule has 0 amide bonds. The molecule has 46 heavy (non-hydrogen) atoms. The minimum Gasteiger partial charge on any atom is -0.361 e. The van der Waals surface area contributed by atoms with E-state index in [1.807, 2.05) is 35.1 Å². The van der Waals surface area contributed by atoms with Gasteiger partial charge in [-0.25, -0.2) is 14.3 Å². The molecular formula is C36H50N6O2Si2. The predicted molar refractivity (Wildman–Crippen MR) is 194 cm³/mol. The molecule has 0 saturated heterocycles. The van der Waals surface area contributed by atoms with Gasteiger partial charge in [0, 0.05) is 52.2 Å². The molecule has 0 N–H and O–H groups in total. The van der Waals surface area contributed by atoms with E-state index in [9.17, 15) is 0 Å². The predicted octanol–water partition coefficient (Wildman–Crippen LogP) is 9.49. The van der Waals surface area contributed by atoms with Gasteiger partial charge in [-0.1, -0.05) is 94.9 Å². The minimum absolute atomic E-state index is 0.241. The number of nitrogens with zero attached hydrogens (tertiary/aromatic N) is 6. The van der Waals surface area contributed by atoms with Gasteiger partial charge in [0.1, 0.15) is 19.3 Å². The molecule has 10 heteroatoms. The zero-order valence-electron chi connectivity index (χ0n) is 28.6. The summed E-state index contributed by atoms with van der Waals surface area (Å²) in [5.74, 6) is 0.951. The maximum atomic E-state index is 8.42. The van der Waals surface area contributed by atoms with Gasteiger partial charge in [-0.3, -0.25) is 4.98 Å². The Morgan fingerprint density at radius 2 is 1.50 bits per heavy atom. The zero-order valence-corrected chi connectivity index (χ0v) is 30.6. The topological polar surface area (TPSA) is 69.1 Å². The van der Waals surface area contributed by atoms with Crippen molar-refractivity contribution >= 4 is 33.3 Å². The average Bonchev–Trinajstić information content (AvgIpc) is 3.47. The van der Waals surface area contributed by atoms with Crippen molar-refractivity contribution < 1.29 is 9.47 Å². The monoisotopic (exact) mass is 654 g/mol. The van der Waals surface area contributed by atoms with Gasteiger partial charge in [0.05, 0.1) is 24.2 Å². The second-order valence-electron chi connectivity index (χ2n) is 14.9. The van der Waals surface area contributed by atoms with Crippen molar-refractivity contribution in [1.82, 2.24) is 19.6 Å². The van der Waals surface area contributed by atoms with Crippen molar-refractivity contribution in [3.05, 3.63) is 72.0 Å². The summed E-state index contributed by atoms with van der Waals surface area (Å²) < 4.78 is 14.5. The van der Waals surface area contributed by atoms with Crippen LogP contribution >= 0.6 is 0 Å². The molecule has 0 aliphatic heterocycles. The Hall–Kier alpha value is -3.37. The average molecular weight is 655 g/mol. The van der Waals surface area contributed by atoms with Crippen LogP contribution in [-0.4, -0.2) is 62.4 Å². The molecule has 4 aromatic rings. The quantitative estimate of drug-likeness (QED) is 0.0584. The van der Waals surface area contributed by atoms with E-state index in [1.165, 1.54) is 6.42 Å². The zero-order chi connectivity index (χ0) is 32.7. The first-order chi connectivity index (χ1) is 22.0. The van der Waals surface area contributed by atoms with Crippen LogP contribution in [0.2, 0.25) is 51.4 Å². The van der Waals surface area contributed by atoms with Crippen molar-refractivity contribution in [2.75, 3.05) is 31.6 Å². The summed E-state index contributed by atoms with van der Waals surface area (Å²) in [7, 11) is -2.53. The van der Waals surface area contributed by atoms with E-state index in [0.717, 1.165) is 71.5 Å². The molecule has 0 spiro atoms. The summed E-state index contributed by atoms with van der Waals surface area (Å²) in [5, 5.41) is 4.87. The summed E-state index contributed by atoms with van der Waals surface area (Å²) in [6.45, 7) is 24.6. The van der Waals surface area contributed by atoms with Crippen molar-refractivity contribution in [1.29, 1.82) is 0 Å². The van der Waals surface area contributed by atoms with Crippen LogP contribution < -0.4 is 4.90 Å². The number of hydrogen-bond acceptors (Lipinski definition) is 6. The van der Waals surface area contributed by atoms with Crippen LogP contribution in [0.5, 0.6) is 0 Å². The fourth-order valence-corrected chi connectivity index (χ4v) is 7.35. The second-order valence-corrected chi connectivity index (χ2v) is 26.2. The highest BCUT2D eigenvalue weighted by molar-refractivity contribution is 6.76. The summed E-state index contributed by atoms with van der Waals surface area (Å²) in [4.78, 5) is 16.3. The maximum Gasteiger partial charge on any atom is 0.249 e. The molecule has 3 aromatic heterocycles. The fraction of sp³-hybridized carbons (Fsp3) is 0.500. The van der Waals surface area contributed by atoms with E-state index in [-0.39, 0.29) is 5.92 Å². The first kappa shape index (κ1) is 34.0. The smallest absolute Gasteiger partial charge is 0.249 e. The van der Waals surface area contributed by atoms with Crippen LogP contribution in [-0.2, 0) is 9.47 Å². The van der Waals surface area contributed by atoms with Crippen molar-refractivity contribution in [3.63, 3.8) is 0 Å². The Morgan fingerprint density at radius 1 is 0.848 bits per heavy atom.